The van der Waals surface area contributed by atoms with Gasteiger partial charge in [0.2, 0.25) is 5.91 Å². The van der Waals surface area contributed by atoms with Crippen LogP contribution in [0.3, 0.4) is 0 Å². The number of rotatable bonds is 3. The number of aromatic nitrogens is 3. The van der Waals surface area contributed by atoms with E-state index in [0.717, 1.165) is 33.9 Å². The number of likely N-dealkylation sites (tertiary alicyclic amines) is 1. The van der Waals surface area contributed by atoms with E-state index < -0.39 is 0 Å². The van der Waals surface area contributed by atoms with Gasteiger partial charge in [-0.1, -0.05) is 71.9 Å². The first-order valence-electron chi connectivity index (χ1n) is 10.4. The molecule has 6 nitrogen and oxygen atoms in total. The van der Waals surface area contributed by atoms with Gasteiger partial charge in [0.25, 0.3) is 0 Å². The van der Waals surface area contributed by atoms with Gasteiger partial charge in [0, 0.05) is 29.8 Å². The summed E-state index contributed by atoms with van der Waals surface area (Å²) in [5.74, 6) is 1.25. The van der Waals surface area contributed by atoms with Crippen molar-refractivity contribution >= 4 is 5.91 Å². The summed E-state index contributed by atoms with van der Waals surface area (Å²) < 4.78 is 7.90. The second kappa shape index (κ2) is 7.09. The molecule has 1 amide bonds. The molecule has 0 aliphatic carbocycles. The number of ether oxygens (including phenoxy) is 1. The highest BCUT2D eigenvalue weighted by Crippen LogP contribution is 2.45. The summed E-state index contributed by atoms with van der Waals surface area (Å²) in [6.45, 7) is 1.25. The molecule has 1 aromatic heterocycles. The number of carbonyl (C=O) groups excluding carboxylic acids is 1. The van der Waals surface area contributed by atoms with E-state index in [9.17, 15) is 4.79 Å². The van der Waals surface area contributed by atoms with E-state index in [1.165, 1.54) is 0 Å². The van der Waals surface area contributed by atoms with Crippen molar-refractivity contribution in [2.75, 3.05) is 13.1 Å². The molecule has 1 fully saturated rings. The van der Waals surface area contributed by atoms with Crippen molar-refractivity contribution in [3.8, 4) is 22.8 Å². The number of benzene rings is 3. The van der Waals surface area contributed by atoms with Crippen LogP contribution < -0.4 is 4.74 Å². The number of nitrogens with zero attached hydrogens (tertiary/aromatic N) is 4. The first kappa shape index (κ1) is 17.9. The van der Waals surface area contributed by atoms with E-state index in [1.807, 2.05) is 94.6 Å². The number of fused-ring (bicyclic) bond motifs is 2. The summed E-state index contributed by atoms with van der Waals surface area (Å²) in [5, 5.41) is 8.60. The lowest BCUT2D eigenvalue weighted by Gasteiger charge is -2.41. The zero-order chi connectivity index (χ0) is 20.8. The van der Waals surface area contributed by atoms with Gasteiger partial charge in [-0.05, 0) is 12.1 Å². The molecule has 4 aromatic rings. The zero-order valence-electron chi connectivity index (χ0n) is 16.8. The van der Waals surface area contributed by atoms with Gasteiger partial charge in [0.15, 0.2) is 0 Å². The second-order valence-corrected chi connectivity index (χ2v) is 7.96. The van der Waals surface area contributed by atoms with Gasteiger partial charge in [-0.15, -0.1) is 5.10 Å². The molecule has 2 aliphatic heterocycles. The Morgan fingerprint density at radius 1 is 0.839 bits per heavy atom. The Morgan fingerprint density at radius 2 is 1.45 bits per heavy atom. The van der Waals surface area contributed by atoms with Crippen LogP contribution in [-0.4, -0.2) is 38.9 Å². The standard InChI is InChI=1S/C25H20N4O2/c30-25(24-19-10-4-6-12-22(19)31-23-13-7-5-11-20(23)24)28-14-18(15-28)29-16-21(26-27-29)17-8-2-1-3-9-17/h1-13,16,18,24H,14-15H2. The zero-order valence-corrected chi connectivity index (χ0v) is 16.8. The smallest absolute Gasteiger partial charge is 0.235 e. The van der Waals surface area contributed by atoms with Gasteiger partial charge in [0.05, 0.1) is 18.2 Å². The maximum absolute atomic E-state index is 13.5. The van der Waals surface area contributed by atoms with Crippen molar-refractivity contribution in [1.29, 1.82) is 0 Å². The second-order valence-electron chi connectivity index (χ2n) is 7.96. The van der Waals surface area contributed by atoms with Crippen LogP contribution in [0, 0.1) is 0 Å². The SMILES string of the molecule is O=C(C1c2ccccc2Oc2ccccc21)N1CC(n2cc(-c3ccccc3)nn2)C1. The van der Waals surface area contributed by atoms with E-state index in [1.54, 1.807) is 0 Å². The molecule has 0 bridgehead atoms. The van der Waals surface area contributed by atoms with Crippen molar-refractivity contribution in [1.82, 2.24) is 19.9 Å². The number of amides is 1. The van der Waals surface area contributed by atoms with Gasteiger partial charge >= 0.3 is 0 Å². The number of carbonyl (C=O) groups is 1. The minimum Gasteiger partial charge on any atom is -0.457 e. The maximum Gasteiger partial charge on any atom is 0.235 e. The van der Waals surface area contributed by atoms with Gasteiger partial charge in [-0.3, -0.25) is 4.79 Å². The molecule has 0 radical (unpaired) electrons. The van der Waals surface area contributed by atoms with Crippen LogP contribution >= 0.6 is 0 Å². The van der Waals surface area contributed by atoms with Gasteiger partial charge in [-0.25, -0.2) is 4.68 Å². The van der Waals surface area contributed by atoms with Crippen LogP contribution in [0.15, 0.2) is 85.1 Å². The molecule has 1 saturated heterocycles. The molecule has 152 valence electrons. The predicted molar refractivity (Wildman–Crippen MR) is 116 cm³/mol. The van der Waals surface area contributed by atoms with Crippen LogP contribution in [0.25, 0.3) is 11.3 Å². The lowest BCUT2D eigenvalue weighted by atomic mass is 9.86. The molecule has 3 aromatic carbocycles. The van der Waals surface area contributed by atoms with E-state index in [-0.39, 0.29) is 17.9 Å². The number of hydrogen-bond donors (Lipinski definition) is 0. The average Bonchev–Trinajstić information content (AvgIpc) is 3.26. The predicted octanol–water partition coefficient (Wildman–Crippen LogP) is 4.27. The fourth-order valence-corrected chi connectivity index (χ4v) is 4.36. The van der Waals surface area contributed by atoms with Crippen LogP contribution in [-0.2, 0) is 4.79 Å². The molecular formula is C25H20N4O2. The fourth-order valence-electron chi connectivity index (χ4n) is 4.36. The van der Waals surface area contributed by atoms with Crippen molar-refractivity contribution in [3.05, 3.63) is 96.2 Å². The third kappa shape index (κ3) is 2.99. The van der Waals surface area contributed by atoms with Crippen molar-refractivity contribution < 1.29 is 9.53 Å². The Kier molecular flexibility index (Phi) is 4.09. The van der Waals surface area contributed by atoms with Crippen LogP contribution in [0.2, 0.25) is 0 Å². The molecule has 0 N–H and O–H groups in total. The molecule has 0 spiro atoms. The highest BCUT2D eigenvalue weighted by atomic mass is 16.5. The Labute approximate surface area is 179 Å². The van der Waals surface area contributed by atoms with E-state index in [2.05, 4.69) is 10.3 Å². The molecule has 31 heavy (non-hydrogen) atoms. The molecule has 3 heterocycles. The first-order chi connectivity index (χ1) is 15.3. The van der Waals surface area contributed by atoms with Crippen LogP contribution in [0.1, 0.15) is 23.1 Å². The summed E-state index contributed by atoms with van der Waals surface area (Å²) in [6.07, 6.45) is 1.96. The van der Waals surface area contributed by atoms with E-state index in [0.29, 0.717) is 13.1 Å². The summed E-state index contributed by atoms with van der Waals surface area (Å²) in [5.41, 5.74) is 3.72. The quantitative estimate of drug-likeness (QED) is 0.508. The summed E-state index contributed by atoms with van der Waals surface area (Å²) in [6, 6.07) is 25.7. The molecule has 0 saturated carbocycles. The van der Waals surface area contributed by atoms with Gasteiger partial charge < -0.3 is 9.64 Å². The topological polar surface area (TPSA) is 60.2 Å². The van der Waals surface area contributed by atoms with Gasteiger partial charge in [-0.2, -0.15) is 0 Å². The monoisotopic (exact) mass is 408 g/mol. The summed E-state index contributed by atoms with van der Waals surface area (Å²) >= 11 is 0. The largest absolute Gasteiger partial charge is 0.457 e. The summed E-state index contributed by atoms with van der Waals surface area (Å²) in [4.78, 5) is 15.4. The lowest BCUT2D eigenvalue weighted by Crippen LogP contribution is -2.52. The molecule has 6 rings (SSSR count). The Balaban J connectivity index is 1.23. The average molecular weight is 408 g/mol. The highest BCUT2D eigenvalue weighted by molar-refractivity contribution is 5.90. The maximum atomic E-state index is 13.5. The molecule has 0 atom stereocenters. The normalized spacial score (nSPS) is 15.5. The van der Waals surface area contributed by atoms with Gasteiger partial charge in [0.1, 0.15) is 17.2 Å². The molecular weight excluding hydrogens is 388 g/mol. The lowest BCUT2D eigenvalue weighted by molar-refractivity contribution is -0.138. The first-order valence-corrected chi connectivity index (χ1v) is 10.4. The minimum atomic E-state index is -0.349. The van der Waals surface area contributed by atoms with Crippen LogP contribution in [0.5, 0.6) is 11.5 Å². The van der Waals surface area contributed by atoms with Crippen molar-refractivity contribution in [2.24, 2.45) is 0 Å². The Morgan fingerprint density at radius 3 is 2.13 bits per heavy atom. The molecule has 2 aliphatic rings. The third-order valence-corrected chi connectivity index (χ3v) is 6.05. The van der Waals surface area contributed by atoms with Crippen LogP contribution in [0.4, 0.5) is 0 Å². The molecule has 6 heteroatoms. The molecule has 0 unspecified atom stereocenters. The highest BCUT2D eigenvalue weighted by Gasteiger charge is 2.40. The third-order valence-electron chi connectivity index (χ3n) is 6.05. The fraction of sp³-hybridized carbons (Fsp3) is 0.160. The van der Waals surface area contributed by atoms with Crippen molar-refractivity contribution in [2.45, 2.75) is 12.0 Å². The van der Waals surface area contributed by atoms with Crippen molar-refractivity contribution in [3.63, 3.8) is 0 Å². The Hall–Kier alpha value is -3.93. The number of hydrogen-bond acceptors (Lipinski definition) is 4. The minimum absolute atomic E-state index is 0.0999. The summed E-state index contributed by atoms with van der Waals surface area (Å²) in [7, 11) is 0. The number of para-hydroxylation sites is 2. The Bertz CT molecular complexity index is 1220. The van der Waals surface area contributed by atoms with E-state index in [4.69, 9.17) is 4.74 Å². The van der Waals surface area contributed by atoms with E-state index >= 15 is 0 Å².